The fourth-order valence-electron chi connectivity index (χ4n) is 2.21. The molecule has 2 aromatic rings. The van der Waals surface area contributed by atoms with Crippen LogP contribution in [0.15, 0.2) is 67.8 Å². The number of hydrogen-bond acceptors (Lipinski definition) is 1. The van der Waals surface area contributed by atoms with Crippen LogP contribution in [0.3, 0.4) is 0 Å². The van der Waals surface area contributed by atoms with Gasteiger partial charge >= 0.3 is 0 Å². The Kier molecular flexibility index (Phi) is 4.24. The average molecular weight is 474 g/mol. The lowest BCUT2D eigenvalue weighted by Gasteiger charge is -2.16. The van der Waals surface area contributed by atoms with E-state index in [0.717, 1.165) is 0 Å². The van der Waals surface area contributed by atoms with E-state index in [1.807, 2.05) is 12.1 Å². The molecule has 1 aliphatic heterocycles. The Morgan fingerprint density at radius 3 is 1.37 bits per heavy atom. The van der Waals surface area contributed by atoms with Gasteiger partial charge < -0.3 is 4.74 Å². The van der Waals surface area contributed by atoms with Crippen molar-refractivity contribution in [3.8, 4) is 0 Å². The molecule has 0 spiro atoms. The van der Waals surface area contributed by atoms with Crippen LogP contribution in [0, 0.1) is 0 Å². The van der Waals surface area contributed by atoms with Crippen molar-refractivity contribution >= 4 is 45.2 Å². The molecule has 1 nitrogen and oxygen atoms in total. The van der Waals surface area contributed by atoms with Gasteiger partial charge in [-0.2, -0.15) is 0 Å². The van der Waals surface area contributed by atoms with Crippen molar-refractivity contribution < 1.29 is 4.74 Å². The third-order valence-electron chi connectivity index (χ3n) is 3.17. The van der Waals surface area contributed by atoms with E-state index in [9.17, 15) is 0 Å². The zero-order chi connectivity index (χ0) is 13.2. The molecule has 0 amide bonds. The van der Waals surface area contributed by atoms with E-state index in [4.69, 9.17) is 4.74 Å². The zero-order valence-corrected chi connectivity index (χ0v) is 14.4. The van der Waals surface area contributed by atoms with Crippen LogP contribution in [0.5, 0.6) is 0 Å². The first-order valence-electron chi connectivity index (χ1n) is 6.08. The molecule has 96 valence electrons. The molecule has 2 aromatic carbocycles. The molecule has 0 fully saturated rings. The lowest BCUT2D eigenvalue weighted by Crippen LogP contribution is -2.02. The fraction of sp³-hybridized carbons (Fsp3) is 0.125. The molecule has 1 aliphatic rings. The minimum atomic E-state index is 0.0684. The molecular formula is C16H12I2O. The lowest BCUT2D eigenvalue weighted by molar-refractivity contribution is 0.0589. The minimum absolute atomic E-state index is 0.0684. The third kappa shape index (κ3) is 2.73. The van der Waals surface area contributed by atoms with E-state index in [1.165, 1.54) is 18.3 Å². The average Bonchev–Trinajstić information content (AvgIpc) is 2.77. The van der Waals surface area contributed by atoms with Crippen LogP contribution in [0.2, 0.25) is 0 Å². The molecular weight excluding hydrogens is 462 g/mol. The highest BCUT2D eigenvalue weighted by atomic mass is 127. The van der Waals surface area contributed by atoms with Crippen LogP contribution >= 0.6 is 45.2 Å². The number of rotatable bonds is 2. The van der Waals surface area contributed by atoms with Crippen molar-refractivity contribution in [3.05, 3.63) is 79.0 Å². The fourth-order valence-corrected chi connectivity index (χ4v) is 3.79. The van der Waals surface area contributed by atoms with E-state index in [0.29, 0.717) is 0 Å². The molecule has 3 rings (SSSR count). The van der Waals surface area contributed by atoms with Crippen LogP contribution in [-0.2, 0) is 4.74 Å². The predicted molar refractivity (Wildman–Crippen MR) is 94.5 cm³/mol. The van der Waals surface area contributed by atoms with Crippen LogP contribution < -0.4 is 0 Å². The van der Waals surface area contributed by atoms with Crippen molar-refractivity contribution in [2.75, 3.05) is 0 Å². The largest absolute Gasteiger partial charge is 0.355 e. The van der Waals surface area contributed by atoms with Gasteiger partial charge in [0.2, 0.25) is 0 Å². The monoisotopic (exact) mass is 474 g/mol. The molecule has 2 atom stereocenters. The van der Waals surface area contributed by atoms with Crippen molar-refractivity contribution in [2.45, 2.75) is 12.2 Å². The maximum Gasteiger partial charge on any atom is 0.115 e. The highest BCUT2D eigenvalue weighted by Crippen LogP contribution is 2.50. The van der Waals surface area contributed by atoms with E-state index < -0.39 is 0 Å². The van der Waals surface area contributed by atoms with Gasteiger partial charge in [0, 0.05) is 7.16 Å². The third-order valence-corrected chi connectivity index (χ3v) is 6.49. The molecule has 1 heterocycles. The highest BCUT2D eigenvalue weighted by Gasteiger charge is 2.33. The predicted octanol–water partition coefficient (Wildman–Crippen LogP) is 5.58. The summed E-state index contributed by atoms with van der Waals surface area (Å²) in [5.74, 6) is 0. The van der Waals surface area contributed by atoms with Crippen LogP contribution in [0.25, 0.3) is 0 Å². The summed E-state index contributed by atoms with van der Waals surface area (Å²) in [5.41, 5.74) is 2.44. The van der Waals surface area contributed by atoms with Crippen molar-refractivity contribution in [1.29, 1.82) is 0 Å². The Bertz CT molecular complexity index is 539. The number of hydrogen-bond donors (Lipinski definition) is 0. The van der Waals surface area contributed by atoms with Gasteiger partial charge in [-0.1, -0.05) is 60.7 Å². The Balaban J connectivity index is 1.94. The summed E-state index contributed by atoms with van der Waals surface area (Å²) in [4.78, 5) is 0. The summed E-state index contributed by atoms with van der Waals surface area (Å²) >= 11 is 4.83. The molecule has 0 bridgehead atoms. The molecule has 0 aromatic heterocycles. The molecule has 19 heavy (non-hydrogen) atoms. The van der Waals surface area contributed by atoms with Crippen molar-refractivity contribution in [1.82, 2.24) is 0 Å². The summed E-state index contributed by atoms with van der Waals surface area (Å²) in [6.45, 7) is 0. The second kappa shape index (κ2) is 5.93. The lowest BCUT2D eigenvalue weighted by atomic mass is 10.1. The van der Waals surface area contributed by atoms with Crippen LogP contribution in [0.1, 0.15) is 23.3 Å². The van der Waals surface area contributed by atoms with Gasteiger partial charge in [0.25, 0.3) is 0 Å². The number of halogens is 2. The normalized spacial score (nSPS) is 22.8. The number of ether oxygens (including phenoxy) is 1. The van der Waals surface area contributed by atoms with E-state index in [2.05, 4.69) is 93.7 Å². The SMILES string of the molecule is IC1=C(I)C(c2ccccc2)OC1c1ccccc1. The number of benzene rings is 2. The second-order valence-corrected chi connectivity index (χ2v) is 6.74. The molecule has 3 heteroatoms. The van der Waals surface area contributed by atoms with Gasteiger partial charge in [0.05, 0.1) is 0 Å². The van der Waals surface area contributed by atoms with Gasteiger partial charge in [0.1, 0.15) is 12.2 Å². The summed E-state index contributed by atoms with van der Waals surface area (Å²) in [6.07, 6.45) is 0.137. The Labute approximate surface area is 140 Å². The smallest absolute Gasteiger partial charge is 0.115 e. The topological polar surface area (TPSA) is 9.23 Å². The summed E-state index contributed by atoms with van der Waals surface area (Å²) in [5, 5.41) is 0. The minimum Gasteiger partial charge on any atom is -0.355 e. The van der Waals surface area contributed by atoms with Gasteiger partial charge in [-0.15, -0.1) is 0 Å². The van der Waals surface area contributed by atoms with E-state index in [-0.39, 0.29) is 12.2 Å². The maximum absolute atomic E-state index is 6.27. The molecule has 0 N–H and O–H groups in total. The van der Waals surface area contributed by atoms with Gasteiger partial charge in [-0.05, 0) is 56.3 Å². The standard InChI is InChI=1S/C16H12I2O/c17-13-14(18)16(12-9-5-2-6-10-12)19-15(13)11-7-3-1-4-8-11/h1-10,15-16H. The summed E-state index contributed by atoms with van der Waals surface area (Å²) < 4.78 is 8.85. The Hall–Kier alpha value is -0.400. The van der Waals surface area contributed by atoms with Crippen LogP contribution in [-0.4, -0.2) is 0 Å². The highest BCUT2D eigenvalue weighted by molar-refractivity contribution is 14.1. The summed E-state index contributed by atoms with van der Waals surface area (Å²) in [7, 11) is 0. The second-order valence-electron chi connectivity index (χ2n) is 4.41. The zero-order valence-electron chi connectivity index (χ0n) is 10.1. The Morgan fingerprint density at radius 1 is 0.632 bits per heavy atom. The molecule has 2 unspecified atom stereocenters. The first-order chi connectivity index (χ1) is 9.27. The van der Waals surface area contributed by atoms with Crippen LogP contribution in [0.4, 0.5) is 0 Å². The van der Waals surface area contributed by atoms with Gasteiger partial charge in [-0.3, -0.25) is 0 Å². The summed E-state index contributed by atoms with van der Waals surface area (Å²) in [6, 6.07) is 20.8. The van der Waals surface area contributed by atoms with E-state index in [1.54, 1.807) is 0 Å². The molecule has 0 aliphatic carbocycles. The molecule has 0 saturated heterocycles. The molecule has 0 radical (unpaired) electrons. The Morgan fingerprint density at radius 2 is 1.00 bits per heavy atom. The van der Waals surface area contributed by atoms with E-state index >= 15 is 0 Å². The first-order valence-corrected chi connectivity index (χ1v) is 8.23. The quantitative estimate of drug-likeness (QED) is 0.517. The maximum atomic E-state index is 6.27. The van der Waals surface area contributed by atoms with Crippen molar-refractivity contribution in [3.63, 3.8) is 0 Å². The van der Waals surface area contributed by atoms with Gasteiger partial charge in [0.15, 0.2) is 0 Å². The van der Waals surface area contributed by atoms with Crippen molar-refractivity contribution in [2.24, 2.45) is 0 Å². The van der Waals surface area contributed by atoms with Gasteiger partial charge in [-0.25, -0.2) is 0 Å². The molecule has 0 saturated carbocycles. The first kappa shape index (κ1) is 13.6.